The minimum atomic E-state index is -1.30. The van der Waals surface area contributed by atoms with Crippen molar-refractivity contribution in [3.8, 4) is 0 Å². The highest BCUT2D eigenvalue weighted by Crippen LogP contribution is 2.31. The van der Waals surface area contributed by atoms with E-state index in [1.165, 1.54) is 28.2 Å². The number of amides is 2. The van der Waals surface area contributed by atoms with Crippen molar-refractivity contribution >= 4 is 33.6 Å². The highest BCUT2D eigenvalue weighted by Gasteiger charge is 2.35. The van der Waals surface area contributed by atoms with Gasteiger partial charge >= 0.3 is 11.8 Å². The fourth-order valence-corrected chi connectivity index (χ4v) is 5.73. The monoisotopic (exact) mass is 536 g/mol. The molecule has 0 spiro atoms. The Morgan fingerprint density at radius 2 is 1.95 bits per heavy atom. The molecule has 0 radical (unpaired) electrons. The second kappa shape index (κ2) is 11.5. The van der Waals surface area contributed by atoms with Crippen molar-refractivity contribution in [3.63, 3.8) is 0 Å². The van der Waals surface area contributed by atoms with Crippen molar-refractivity contribution < 1.29 is 24.2 Å². The Hall–Kier alpha value is -3.12. The third-order valence-electron chi connectivity index (χ3n) is 6.20. The molecule has 0 saturated carbocycles. The van der Waals surface area contributed by atoms with Crippen LogP contribution >= 0.6 is 11.3 Å². The molecule has 2 aromatic heterocycles. The van der Waals surface area contributed by atoms with Gasteiger partial charge in [-0.2, -0.15) is 0 Å². The number of hydrazine groups is 1. The van der Waals surface area contributed by atoms with Gasteiger partial charge in [-0.05, 0) is 59.9 Å². The van der Waals surface area contributed by atoms with Crippen LogP contribution in [-0.4, -0.2) is 61.1 Å². The molecule has 11 nitrogen and oxygen atoms in total. The average Bonchev–Trinajstić information content (AvgIpc) is 3.43. The number of hydrogen-bond acceptors (Lipinski definition) is 7. The van der Waals surface area contributed by atoms with Gasteiger partial charge in [0.05, 0.1) is 43.0 Å². The zero-order valence-corrected chi connectivity index (χ0v) is 23.1. The van der Waals surface area contributed by atoms with E-state index in [1.54, 1.807) is 46.1 Å². The van der Waals surface area contributed by atoms with Gasteiger partial charge in [-0.25, -0.2) is 19.6 Å². The van der Waals surface area contributed by atoms with Gasteiger partial charge in [0, 0.05) is 24.1 Å². The molecule has 2 aromatic rings. The molecular formula is C25H36N4O7S. The molecule has 2 amide bonds. The van der Waals surface area contributed by atoms with Gasteiger partial charge in [-0.3, -0.25) is 18.7 Å². The van der Waals surface area contributed by atoms with E-state index in [4.69, 9.17) is 9.47 Å². The first kappa shape index (κ1) is 28.5. The Bertz CT molecular complexity index is 1300. The molecule has 1 atom stereocenters. The van der Waals surface area contributed by atoms with Crippen molar-refractivity contribution in [1.82, 2.24) is 19.2 Å². The summed E-state index contributed by atoms with van der Waals surface area (Å²) in [5.74, 6) is -0.592. The minimum Gasteiger partial charge on any atom is -0.501 e. The van der Waals surface area contributed by atoms with Crippen molar-refractivity contribution in [3.05, 3.63) is 43.6 Å². The summed E-state index contributed by atoms with van der Waals surface area (Å²) in [6, 6.07) is 0. The van der Waals surface area contributed by atoms with Crippen molar-refractivity contribution in [2.45, 2.75) is 85.7 Å². The van der Waals surface area contributed by atoms with E-state index in [0.717, 1.165) is 22.9 Å². The number of fused-ring (bicyclic) bond motifs is 1. The molecule has 1 fully saturated rings. The Labute approximate surface area is 219 Å². The lowest BCUT2D eigenvalue weighted by atomic mass is 10.1. The molecule has 3 rings (SSSR count). The van der Waals surface area contributed by atoms with E-state index >= 15 is 0 Å². The molecule has 1 aliphatic heterocycles. The van der Waals surface area contributed by atoms with Crippen LogP contribution in [0.2, 0.25) is 0 Å². The third-order valence-corrected chi connectivity index (χ3v) is 7.50. The summed E-state index contributed by atoms with van der Waals surface area (Å²) in [4.78, 5) is 53.1. The Morgan fingerprint density at radius 1 is 1.24 bits per heavy atom. The fraction of sp³-hybridized carbons (Fsp3) is 0.600. The van der Waals surface area contributed by atoms with E-state index in [2.05, 4.69) is 0 Å². The Morgan fingerprint density at radius 3 is 2.49 bits per heavy atom. The van der Waals surface area contributed by atoms with Crippen LogP contribution in [0.1, 0.15) is 57.9 Å². The van der Waals surface area contributed by atoms with Gasteiger partial charge in [0.1, 0.15) is 4.83 Å². The van der Waals surface area contributed by atoms with Crippen LogP contribution in [0.5, 0.6) is 0 Å². The molecule has 0 aliphatic carbocycles. The van der Waals surface area contributed by atoms with E-state index in [1.807, 2.05) is 0 Å². The number of carboxylic acid groups (broad SMARTS) is 1. The number of carbonyl (C=O) groups excluding carboxylic acids is 1. The maximum absolute atomic E-state index is 13.3. The van der Waals surface area contributed by atoms with Crippen LogP contribution in [0.4, 0.5) is 4.79 Å². The number of rotatable bonds is 8. The van der Waals surface area contributed by atoms with E-state index in [0.29, 0.717) is 40.4 Å². The molecule has 1 N–H and O–H groups in total. The van der Waals surface area contributed by atoms with Crippen LogP contribution in [0.25, 0.3) is 10.2 Å². The summed E-state index contributed by atoms with van der Waals surface area (Å²) in [7, 11) is 0. The molecule has 1 saturated heterocycles. The summed E-state index contributed by atoms with van der Waals surface area (Å²) >= 11 is 1.22. The van der Waals surface area contributed by atoms with Crippen molar-refractivity contribution in [2.75, 3.05) is 13.2 Å². The smallest absolute Gasteiger partial charge is 0.426 e. The van der Waals surface area contributed by atoms with Crippen molar-refractivity contribution in [1.29, 1.82) is 0 Å². The molecule has 1 unspecified atom stereocenters. The molecule has 37 heavy (non-hydrogen) atoms. The van der Waals surface area contributed by atoms with Gasteiger partial charge in [0.25, 0.3) is 11.5 Å². The molecule has 3 heterocycles. The summed E-state index contributed by atoms with van der Waals surface area (Å²) in [5, 5.41) is 12.5. The predicted octanol–water partition coefficient (Wildman–Crippen LogP) is 3.30. The first-order valence-corrected chi connectivity index (χ1v) is 13.2. The summed E-state index contributed by atoms with van der Waals surface area (Å²) in [6.07, 6.45) is 2.71. The largest absolute Gasteiger partial charge is 0.501 e. The Balaban J connectivity index is 2.18. The number of aryl methyl sites for hydroxylation is 1. The number of aromatic nitrogens is 2. The van der Waals surface area contributed by atoms with Crippen molar-refractivity contribution in [2.24, 2.45) is 0 Å². The zero-order chi connectivity index (χ0) is 27.5. The lowest BCUT2D eigenvalue weighted by Gasteiger charge is -2.40. The summed E-state index contributed by atoms with van der Waals surface area (Å²) in [6.45, 7) is 11.7. The normalized spacial score (nSPS) is 16.0. The predicted molar refractivity (Wildman–Crippen MR) is 141 cm³/mol. The van der Waals surface area contributed by atoms with Crippen LogP contribution < -0.4 is 11.2 Å². The first-order valence-electron chi connectivity index (χ1n) is 12.4. The van der Waals surface area contributed by atoms with E-state index in [-0.39, 0.29) is 19.2 Å². The fourth-order valence-electron chi connectivity index (χ4n) is 4.45. The number of hydrogen-bond donors (Lipinski definition) is 1. The Kier molecular flexibility index (Phi) is 8.85. The highest BCUT2D eigenvalue weighted by atomic mass is 32.1. The summed E-state index contributed by atoms with van der Waals surface area (Å²) in [5.41, 5.74) is -1.13. The number of ether oxygens (including phenoxy) is 2. The zero-order valence-electron chi connectivity index (χ0n) is 22.3. The second-order valence-corrected chi connectivity index (χ2v) is 10.9. The number of nitrogens with zero attached hydrogens (tertiary/aromatic N) is 4. The van der Waals surface area contributed by atoms with Gasteiger partial charge in [-0.1, -0.05) is 0 Å². The molecule has 0 aromatic carbocycles. The lowest BCUT2D eigenvalue weighted by molar-refractivity contribution is -0.149. The lowest BCUT2D eigenvalue weighted by Crippen LogP contribution is -2.57. The minimum absolute atomic E-state index is 0.107. The SMILES string of the molecule is CCOC=CC(=O)N(Cc1sc2c(c1C)c(=O)n(CC)c(=O)n2CC1CCCO1)N(C(=O)O)C(C)(C)C. The molecule has 1 aliphatic rings. The maximum atomic E-state index is 13.3. The highest BCUT2D eigenvalue weighted by molar-refractivity contribution is 7.18. The topological polar surface area (TPSA) is 123 Å². The van der Waals surface area contributed by atoms with Gasteiger partial charge < -0.3 is 14.6 Å². The first-order chi connectivity index (χ1) is 17.4. The van der Waals surface area contributed by atoms with Crippen LogP contribution in [0.15, 0.2) is 21.9 Å². The summed E-state index contributed by atoms with van der Waals surface area (Å²) < 4.78 is 13.7. The van der Waals surface area contributed by atoms with E-state index < -0.39 is 28.8 Å². The average molecular weight is 537 g/mol. The molecule has 0 bridgehead atoms. The van der Waals surface area contributed by atoms with Gasteiger partial charge in [-0.15, -0.1) is 11.3 Å². The molecule has 12 heteroatoms. The van der Waals surface area contributed by atoms with Crippen LogP contribution in [0, 0.1) is 6.92 Å². The van der Waals surface area contributed by atoms with Gasteiger partial charge in [0.2, 0.25) is 0 Å². The second-order valence-electron chi connectivity index (χ2n) is 9.83. The molecular weight excluding hydrogens is 500 g/mol. The quantitative estimate of drug-likeness (QED) is 0.312. The standard InChI is InChI=1S/C25H36N4O7S/c1-7-26-21(31)20-16(3)18(37-22(20)27(23(26)32)14-17-10-9-12-36-17)15-28(19(30)11-13-35-8-2)29(24(33)34)25(4,5)6/h11,13,17H,7-10,12,14-15H2,1-6H3,(H,33,34). The molecule has 204 valence electrons. The third kappa shape index (κ3) is 5.90. The van der Waals surface area contributed by atoms with Crippen LogP contribution in [0.3, 0.4) is 0 Å². The van der Waals surface area contributed by atoms with Crippen LogP contribution in [-0.2, 0) is 33.9 Å². The maximum Gasteiger partial charge on any atom is 0.426 e. The number of thiophene rings is 1. The van der Waals surface area contributed by atoms with E-state index in [9.17, 15) is 24.3 Å². The van der Waals surface area contributed by atoms with Gasteiger partial charge in [0.15, 0.2) is 0 Å². The number of carbonyl (C=O) groups is 2.